The number of piperidine rings is 1. The Labute approximate surface area is 107 Å². The number of fused-ring (bicyclic) bond motifs is 1. The molecule has 5 nitrogen and oxygen atoms in total. The Morgan fingerprint density at radius 2 is 1.78 bits per heavy atom. The van der Waals surface area contributed by atoms with Crippen molar-refractivity contribution in [2.45, 2.75) is 64.1 Å². The first-order valence-corrected chi connectivity index (χ1v) is 6.54. The lowest BCUT2D eigenvalue weighted by atomic mass is 9.71. The molecule has 1 saturated heterocycles. The van der Waals surface area contributed by atoms with Gasteiger partial charge in [0.1, 0.15) is 11.6 Å². The summed E-state index contributed by atoms with van der Waals surface area (Å²) in [6, 6.07) is -0.656. The maximum atomic E-state index is 12.2. The molecule has 18 heavy (non-hydrogen) atoms. The summed E-state index contributed by atoms with van der Waals surface area (Å²) in [5.41, 5.74) is -0.586. The number of aliphatic carboxylic acids is 1. The maximum Gasteiger partial charge on any atom is 0.411 e. The Morgan fingerprint density at radius 3 is 2.22 bits per heavy atom. The second kappa shape index (κ2) is 4.44. The Morgan fingerprint density at radius 1 is 1.17 bits per heavy atom. The van der Waals surface area contributed by atoms with Crippen LogP contribution >= 0.6 is 0 Å². The molecule has 1 amide bonds. The number of nitrogens with zero attached hydrogens (tertiary/aromatic N) is 1. The number of amides is 1. The zero-order chi connectivity index (χ0) is 13.5. The van der Waals surface area contributed by atoms with Crippen LogP contribution in [0.5, 0.6) is 0 Å². The van der Waals surface area contributed by atoms with Crippen LogP contribution in [0.3, 0.4) is 0 Å². The standard InChI is InChI=1S/C13H21NO4/c1-13(2,3)18-12(17)14-9-6-4-8(9)5-7-10(14)11(15)16/h8-10H,4-7H2,1-3H3,(H,15,16)/t8?,9?,10-/m0/s1. The monoisotopic (exact) mass is 255 g/mol. The van der Waals surface area contributed by atoms with Gasteiger partial charge in [-0.2, -0.15) is 0 Å². The third-order valence-corrected chi connectivity index (χ3v) is 3.77. The fraction of sp³-hybridized carbons (Fsp3) is 0.846. The Kier molecular flexibility index (Phi) is 3.25. The van der Waals surface area contributed by atoms with E-state index in [-0.39, 0.29) is 6.04 Å². The van der Waals surface area contributed by atoms with Crippen LogP contribution in [0.1, 0.15) is 46.5 Å². The first-order valence-electron chi connectivity index (χ1n) is 6.54. The largest absolute Gasteiger partial charge is 0.480 e. The van der Waals surface area contributed by atoms with Crippen LogP contribution in [-0.2, 0) is 9.53 Å². The van der Waals surface area contributed by atoms with Crippen molar-refractivity contribution in [3.8, 4) is 0 Å². The number of hydrogen-bond acceptors (Lipinski definition) is 3. The third kappa shape index (κ3) is 2.44. The van der Waals surface area contributed by atoms with E-state index in [1.165, 1.54) is 4.90 Å². The van der Waals surface area contributed by atoms with E-state index in [4.69, 9.17) is 4.74 Å². The highest BCUT2D eigenvalue weighted by molar-refractivity contribution is 5.81. The molecule has 0 radical (unpaired) electrons. The fourth-order valence-corrected chi connectivity index (χ4v) is 2.82. The van der Waals surface area contributed by atoms with Gasteiger partial charge >= 0.3 is 12.1 Å². The molecule has 1 N–H and O–H groups in total. The number of carbonyl (C=O) groups excluding carboxylic acids is 1. The van der Waals surface area contributed by atoms with Crippen molar-refractivity contribution in [2.24, 2.45) is 5.92 Å². The summed E-state index contributed by atoms with van der Waals surface area (Å²) in [5, 5.41) is 9.23. The Hall–Kier alpha value is -1.26. The van der Waals surface area contributed by atoms with Gasteiger partial charge in [-0.1, -0.05) is 0 Å². The van der Waals surface area contributed by atoms with Gasteiger partial charge in [0.25, 0.3) is 0 Å². The van der Waals surface area contributed by atoms with Gasteiger partial charge in [-0.25, -0.2) is 9.59 Å². The highest BCUT2D eigenvalue weighted by Gasteiger charge is 2.48. The van der Waals surface area contributed by atoms with Gasteiger partial charge in [-0.05, 0) is 52.4 Å². The lowest BCUT2D eigenvalue weighted by Gasteiger charge is -2.50. The van der Waals surface area contributed by atoms with E-state index in [0.29, 0.717) is 12.3 Å². The van der Waals surface area contributed by atoms with Gasteiger partial charge in [0.05, 0.1) is 0 Å². The van der Waals surface area contributed by atoms with E-state index in [9.17, 15) is 14.7 Å². The molecule has 1 heterocycles. The van der Waals surface area contributed by atoms with Crippen LogP contribution in [0.25, 0.3) is 0 Å². The molecule has 0 aromatic heterocycles. The molecule has 0 bridgehead atoms. The van der Waals surface area contributed by atoms with Crippen LogP contribution in [0, 0.1) is 5.92 Å². The van der Waals surface area contributed by atoms with Gasteiger partial charge in [-0.3, -0.25) is 4.90 Å². The molecule has 2 rings (SSSR count). The van der Waals surface area contributed by atoms with E-state index >= 15 is 0 Å². The van der Waals surface area contributed by atoms with Crippen molar-refractivity contribution >= 4 is 12.1 Å². The minimum atomic E-state index is -0.925. The molecule has 1 aliphatic carbocycles. The van der Waals surface area contributed by atoms with Crippen LogP contribution in [0.2, 0.25) is 0 Å². The van der Waals surface area contributed by atoms with E-state index in [1.807, 2.05) is 0 Å². The third-order valence-electron chi connectivity index (χ3n) is 3.77. The summed E-state index contributed by atoms with van der Waals surface area (Å²) in [6.45, 7) is 5.38. The average molecular weight is 255 g/mol. The summed E-state index contributed by atoms with van der Waals surface area (Å²) >= 11 is 0. The molecule has 1 saturated carbocycles. The fourth-order valence-electron chi connectivity index (χ4n) is 2.82. The predicted octanol–water partition coefficient (Wildman–Crippen LogP) is 2.25. The van der Waals surface area contributed by atoms with Gasteiger partial charge in [-0.15, -0.1) is 0 Å². The Balaban J connectivity index is 2.14. The number of carbonyl (C=O) groups is 2. The average Bonchev–Trinajstić information content (AvgIpc) is 2.15. The number of likely N-dealkylation sites (tertiary alicyclic amines) is 1. The molecule has 2 unspecified atom stereocenters. The lowest BCUT2D eigenvalue weighted by molar-refractivity contribution is -0.149. The highest BCUT2D eigenvalue weighted by atomic mass is 16.6. The van der Waals surface area contributed by atoms with Crippen molar-refractivity contribution in [1.29, 1.82) is 0 Å². The van der Waals surface area contributed by atoms with Crippen LogP contribution in [-0.4, -0.2) is 39.8 Å². The van der Waals surface area contributed by atoms with Crippen LogP contribution in [0.15, 0.2) is 0 Å². The molecule has 0 spiro atoms. The van der Waals surface area contributed by atoms with Gasteiger partial charge in [0.2, 0.25) is 0 Å². The minimum absolute atomic E-state index is 0.0645. The maximum absolute atomic E-state index is 12.2. The lowest BCUT2D eigenvalue weighted by Crippen LogP contribution is -2.60. The van der Waals surface area contributed by atoms with E-state index in [0.717, 1.165) is 19.3 Å². The van der Waals surface area contributed by atoms with Gasteiger partial charge in [0, 0.05) is 6.04 Å². The number of ether oxygens (including phenoxy) is 1. The highest BCUT2D eigenvalue weighted by Crippen LogP contribution is 2.42. The summed E-state index contributed by atoms with van der Waals surface area (Å²) in [4.78, 5) is 24.9. The van der Waals surface area contributed by atoms with E-state index in [2.05, 4.69) is 0 Å². The van der Waals surface area contributed by atoms with Crippen LogP contribution < -0.4 is 0 Å². The summed E-state index contributed by atoms with van der Waals surface area (Å²) in [7, 11) is 0. The smallest absolute Gasteiger partial charge is 0.411 e. The minimum Gasteiger partial charge on any atom is -0.480 e. The normalized spacial score (nSPS) is 31.3. The molecular formula is C13H21NO4. The van der Waals surface area contributed by atoms with Gasteiger partial charge < -0.3 is 9.84 Å². The van der Waals surface area contributed by atoms with Gasteiger partial charge in [0.15, 0.2) is 0 Å². The molecule has 3 atom stereocenters. The summed E-state index contributed by atoms with van der Waals surface area (Å²) in [6.07, 6.45) is 2.95. The number of rotatable bonds is 1. The second-order valence-corrected chi connectivity index (χ2v) is 6.22. The molecule has 1 aliphatic heterocycles. The SMILES string of the molecule is CC(C)(C)OC(=O)N1C2CCC2CC[C@H]1C(=O)O. The van der Waals surface area contributed by atoms with E-state index in [1.54, 1.807) is 20.8 Å². The number of hydrogen-bond donors (Lipinski definition) is 1. The van der Waals surface area contributed by atoms with Crippen LogP contribution in [0.4, 0.5) is 4.79 Å². The molecule has 5 heteroatoms. The molecule has 2 aliphatic rings. The first kappa shape index (κ1) is 13.2. The van der Waals surface area contributed by atoms with Crippen molar-refractivity contribution < 1.29 is 19.4 Å². The second-order valence-electron chi connectivity index (χ2n) is 6.22. The molecule has 0 aromatic rings. The predicted molar refractivity (Wildman–Crippen MR) is 65.2 cm³/mol. The Bertz CT molecular complexity index is 360. The summed E-state index contributed by atoms with van der Waals surface area (Å²) < 4.78 is 5.33. The summed E-state index contributed by atoms with van der Waals surface area (Å²) in [5.74, 6) is -0.459. The number of carboxylic acid groups (broad SMARTS) is 1. The first-order chi connectivity index (χ1) is 8.29. The molecule has 2 fully saturated rings. The zero-order valence-electron chi connectivity index (χ0n) is 11.2. The number of carboxylic acids is 1. The molecular weight excluding hydrogens is 234 g/mol. The molecule has 102 valence electrons. The van der Waals surface area contributed by atoms with E-state index < -0.39 is 23.7 Å². The molecule has 0 aromatic carbocycles. The van der Waals surface area contributed by atoms with Crippen molar-refractivity contribution in [3.63, 3.8) is 0 Å². The topological polar surface area (TPSA) is 66.8 Å². The van der Waals surface area contributed by atoms with Crippen molar-refractivity contribution in [3.05, 3.63) is 0 Å². The zero-order valence-corrected chi connectivity index (χ0v) is 11.2. The van der Waals surface area contributed by atoms with Crippen molar-refractivity contribution in [2.75, 3.05) is 0 Å². The quantitative estimate of drug-likeness (QED) is 0.780. The van der Waals surface area contributed by atoms with Crippen molar-refractivity contribution in [1.82, 2.24) is 4.90 Å².